The number of carbonyl (C=O) groups excluding carboxylic acids is 1. The second-order valence-corrected chi connectivity index (χ2v) is 6.48. The maximum Gasteiger partial charge on any atom is 0.312 e. The monoisotopic (exact) mass is 328 g/mol. The van der Waals surface area contributed by atoms with E-state index in [1.54, 1.807) is 0 Å². The Hall–Kier alpha value is -2.14. The summed E-state index contributed by atoms with van der Waals surface area (Å²) in [4.78, 5) is 12.5. The Kier molecular flexibility index (Phi) is 5.00. The SMILES string of the molecule is CCOC(=O)C1(Cc2cc(-c3cccc(C)c3)no2)CCNCC1. The van der Waals surface area contributed by atoms with E-state index in [4.69, 9.17) is 9.26 Å². The van der Waals surface area contributed by atoms with Crippen LogP contribution in [0.5, 0.6) is 0 Å². The first-order valence-electron chi connectivity index (χ1n) is 8.53. The molecule has 1 saturated heterocycles. The van der Waals surface area contributed by atoms with Gasteiger partial charge in [-0.15, -0.1) is 0 Å². The molecular formula is C19H24N2O3. The Morgan fingerprint density at radius 3 is 2.83 bits per heavy atom. The van der Waals surface area contributed by atoms with Crippen LogP contribution in [0.4, 0.5) is 0 Å². The second kappa shape index (κ2) is 7.18. The molecule has 128 valence electrons. The third-order valence-corrected chi connectivity index (χ3v) is 4.65. The maximum atomic E-state index is 12.5. The summed E-state index contributed by atoms with van der Waals surface area (Å²) >= 11 is 0. The highest BCUT2D eigenvalue weighted by atomic mass is 16.5. The topological polar surface area (TPSA) is 64.4 Å². The van der Waals surface area contributed by atoms with Crippen LogP contribution in [0.2, 0.25) is 0 Å². The number of nitrogens with one attached hydrogen (secondary N) is 1. The van der Waals surface area contributed by atoms with Crippen molar-refractivity contribution >= 4 is 5.97 Å². The molecule has 1 aliphatic rings. The standard InChI is InChI=1S/C19H24N2O3/c1-3-23-18(22)19(7-9-20-10-8-19)13-16-12-17(21-24-16)15-6-4-5-14(2)11-15/h4-6,11-12,20H,3,7-10,13H2,1-2H3. The van der Waals surface area contributed by atoms with Crippen LogP contribution in [0.15, 0.2) is 34.9 Å². The van der Waals surface area contributed by atoms with Gasteiger partial charge in [-0.2, -0.15) is 0 Å². The van der Waals surface area contributed by atoms with E-state index in [1.165, 1.54) is 5.56 Å². The molecule has 1 aromatic heterocycles. The van der Waals surface area contributed by atoms with Gasteiger partial charge in [0.15, 0.2) is 0 Å². The third-order valence-electron chi connectivity index (χ3n) is 4.65. The summed E-state index contributed by atoms with van der Waals surface area (Å²) in [7, 11) is 0. The van der Waals surface area contributed by atoms with Gasteiger partial charge in [0.25, 0.3) is 0 Å². The fraction of sp³-hybridized carbons (Fsp3) is 0.474. The van der Waals surface area contributed by atoms with E-state index in [9.17, 15) is 4.79 Å². The molecule has 0 amide bonds. The van der Waals surface area contributed by atoms with Crippen molar-refractivity contribution in [2.45, 2.75) is 33.1 Å². The minimum absolute atomic E-state index is 0.125. The van der Waals surface area contributed by atoms with Crippen LogP contribution in [-0.4, -0.2) is 30.8 Å². The van der Waals surface area contributed by atoms with Crippen molar-refractivity contribution in [3.63, 3.8) is 0 Å². The average Bonchev–Trinajstić information content (AvgIpc) is 3.04. The zero-order valence-corrected chi connectivity index (χ0v) is 14.3. The largest absolute Gasteiger partial charge is 0.466 e. The number of piperidine rings is 1. The van der Waals surface area contributed by atoms with Crippen molar-refractivity contribution in [2.24, 2.45) is 5.41 Å². The third kappa shape index (κ3) is 3.51. The van der Waals surface area contributed by atoms with E-state index in [0.29, 0.717) is 13.0 Å². The first-order valence-corrected chi connectivity index (χ1v) is 8.53. The van der Waals surface area contributed by atoms with E-state index in [2.05, 4.69) is 29.5 Å². The van der Waals surface area contributed by atoms with Gasteiger partial charge in [0.1, 0.15) is 11.5 Å². The molecule has 0 atom stereocenters. The number of aryl methyl sites for hydroxylation is 1. The highest BCUT2D eigenvalue weighted by Gasteiger charge is 2.42. The highest BCUT2D eigenvalue weighted by molar-refractivity contribution is 5.77. The quantitative estimate of drug-likeness (QED) is 0.854. The molecule has 1 aromatic carbocycles. The van der Waals surface area contributed by atoms with E-state index in [1.807, 2.05) is 25.1 Å². The molecule has 5 heteroatoms. The summed E-state index contributed by atoms with van der Waals surface area (Å²) in [5.41, 5.74) is 2.51. The van der Waals surface area contributed by atoms with Crippen molar-refractivity contribution < 1.29 is 14.1 Å². The fourth-order valence-corrected chi connectivity index (χ4v) is 3.31. The highest BCUT2D eigenvalue weighted by Crippen LogP contribution is 2.35. The lowest BCUT2D eigenvalue weighted by molar-refractivity contribution is -0.157. The van der Waals surface area contributed by atoms with Crippen molar-refractivity contribution in [2.75, 3.05) is 19.7 Å². The average molecular weight is 328 g/mol. The van der Waals surface area contributed by atoms with Crippen molar-refractivity contribution in [3.8, 4) is 11.3 Å². The Balaban J connectivity index is 1.82. The summed E-state index contributed by atoms with van der Waals surface area (Å²) in [6, 6.07) is 10.1. The lowest BCUT2D eigenvalue weighted by atomic mass is 9.75. The van der Waals surface area contributed by atoms with Crippen LogP contribution in [-0.2, 0) is 16.0 Å². The van der Waals surface area contributed by atoms with Gasteiger partial charge in [-0.3, -0.25) is 4.79 Å². The number of nitrogens with zero attached hydrogens (tertiary/aromatic N) is 1. The number of esters is 1. The summed E-state index contributed by atoms with van der Waals surface area (Å²) in [6.07, 6.45) is 2.05. The van der Waals surface area contributed by atoms with Gasteiger partial charge in [-0.25, -0.2) is 0 Å². The van der Waals surface area contributed by atoms with Crippen LogP contribution in [0.3, 0.4) is 0 Å². The zero-order chi connectivity index (χ0) is 17.0. The van der Waals surface area contributed by atoms with Gasteiger partial charge in [0.05, 0.1) is 12.0 Å². The molecule has 2 heterocycles. The molecule has 0 aliphatic carbocycles. The Labute approximate surface area is 142 Å². The van der Waals surface area contributed by atoms with E-state index >= 15 is 0 Å². The molecule has 0 spiro atoms. The van der Waals surface area contributed by atoms with Crippen LogP contribution in [0.25, 0.3) is 11.3 Å². The summed E-state index contributed by atoms with van der Waals surface area (Å²) in [5, 5.41) is 7.49. The zero-order valence-electron chi connectivity index (χ0n) is 14.3. The van der Waals surface area contributed by atoms with Crippen LogP contribution >= 0.6 is 0 Å². The van der Waals surface area contributed by atoms with Crippen molar-refractivity contribution in [3.05, 3.63) is 41.7 Å². The second-order valence-electron chi connectivity index (χ2n) is 6.48. The summed E-state index contributed by atoms with van der Waals surface area (Å²) < 4.78 is 10.9. The number of hydrogen-bond acceptors (Lipinski definition) is 5. The predicted octanol–water partition coefficient (Wildman–Crippen LogP) is 3.13. The maximum absolute atomic E-state index is 12.5. The number of benzene rings is 1. The lowest BCUT2D eigenvalue weighted by Gasteiger charge is -2.34. The predicted molar refractivity (Wildman–Crippen MR) is 91.5 cm³/mol. The Morgan fingerprint density at radius 2 is 2.12 bits per heavy atom. The molecule has 0 radical (unpaired) electrons. The summed E-state index contributed by atoms with van der Waals surface area (Å²) in [5.74, 6) is 0.612. The molecule has 0 bridgehead atoms. The number of aromatic nitrogens is 1. The molecule has 0 unspecified atom stereocenters. The molecule has 1 N–H and O–H groups in total. The van der Waals surface area contributed by atoms with Crippen LogP contribution in [0, 0.1) is 12.3 Å². The van der Waals surface area contributed by atoms with Gasteiger partial charge < -0.3 is 14.6 Å². The molecule has 0 saturated carbocycles. The molecule has 2 aromatic rings. The van der Waals surface area contributed by atoms with E-state index in [-0.39, 0.29) is 5.97 Å². The first kappa shape index (κ1) is 16.7. The minimum Gasteiger partial charge on any atom is -0.466 e. The smallest absolute Gasteiger partial charge is 0.312 e. The van der Waals surface area contributed by atoms with Crippen molar-refractivity contribution in [1.29, 1.82) is 0 Å². The minimum atomic E-state index is -0.509. The van der Waals surface area contributed by atoms with Crippen molar-refractivity contribution in [1.82, 2.24) is 10.5 Å². The van der Waals surface area contributed by atoms with E-state index in [0.717, 1.165) is 42.9 Å². The fourth-order valence-electron chi connectivity index (χ4n) is 3.31. The molecule has 24 heavy (non-hydrogen) atoms. The molecular weight excluding hydrogens is 304 g/mol. The van der Waals surface area contributed by atoms with Gasteiger partial charge >= 0.3 is 5.97 Å². The molecule has 3 rings (SSSR count). The van der Waals surface area contributed by atoms with Crippen LogP contribution < -0.4 is 5.32 Å². The number of carbonyl (C=O) groups is 1. The normalized spacial score (nSPS) is 16.8. The number of ether oxygens (including phenoxy) is 1. The number of rotatable bonds is 5. The van der Waals surface area contributed by atoms with E-state index < -0.39 is 5.41 Å². The van der Waals surface area contributed by atoms with Gasteiger partial charge in [0.2, 0.25) is 0 Å². The van der Waals surface area contributed by atoms with Crippen LogP contribution in [0.1, 0.15) is 31.1 Å². The summed E-state index contributed by atoms with van der Waals surface area (Å²) in [6.45, 7) is 5.93. The number of hydrogen-bond donors (Lipinski definition) is 1. The Bertz CT molecular complexity index is 702. The lowest BCUT2D eigenvalue weighted by Crippen LogP contribution is -2.44. The molecule has 1 aliphatic heterocycles. The van der Waals surface area contributed by atoms with Gasteiger partial charge in [0, 0.05) is 18.1 Å². The van der Waals surface area contributed by atoms with Gasteiger partial charge in [-0.1, -0.05) is 28.9 Å². The first-order chi connectivity index (χ1) is 11.6. The molecule has 5 nitrogen and oxygen atoms in total. The Morgan fingerprint density at radius 1 is 1.33 bits per heavy atom. The van der Waals surface area contributed by atoms with Gasteiger partial charge in [-0.05, 0) is 45.8 Å². The molecule has 1 fully saturated rings.